The van der Waals surface area contributed by atoms with Gasteiger partial charge < -0.3 is 5.11 Å². The zero-order chi connectivity index (χ0) is 10.9. The minimum atomic E-state index is -0.500. The van der Waals surface area contributed by atoms with Gasteiger partial charge in [0, 0.05) is 5.56 Å². The molecular weight excluding hydrogens is 190 g/mol. The normalized spacial score (nSPS) is 17.7. The SMILES string of the molecule is Cc1ccc(C2(N=C=O)CCC2)c(O)c1. The van der Waals surface area contributed by atoms with Crippen LogP contribution in [0.15, 0.2) is 23.2 Å². The summed E-state index contributed by atoms with van der Waals surface area (Å²) in [5, 5.41) is 9.83. The molecule has 1 aliphatic carbocycles. The first kappa shape index (κ1) is 9.94. The topological polar surface area (TPSA) is 49.7 Å². The number of hydrogen-bond donors (Lipinski definition) is 1. The molecule has 0 aliphatic heterocycles. The number of aromatic hydroxyl groups is 1. The van der Waals surface area contributed by atoms with E-state index in [0.29, 0.717) is 0 Å². The van der Waals surface area contributed by atoms with E-state index in [1.807, 2.05) is 19.1 Å². The third-order valence-corrected chi connectivity index (χ3v) is 3.09. The van der Waals surface area contributed by atoms with E-state index in [0.717, 1.165) is 30.4 Å². The van der Waals surface area contributed by atoms with Crippen LogP contribution in [0.1, 0.15) is 30.4 Å². The summed E-state index contributed by atoms with van der Waals surface area (Å²) < 4.78 is 0. The predicted molar refractivity (Wildman–Crippen MR) is 56.5 cm³/mol. The zero-order valence-corrected chi connectivity index (χ0v) is 8.66. The van der Waals surface area contributed by atoms with Gasteiger partial charge in [0.05, 0.1) is 0 Å². The highest BCUT2D eigenvalue weighted by Crippen LogP contribution is 2.47. The number of aliphatic imine (C=N–C) groups is 1. The Balaban J connectivity index is 2.47. The van der Waals surface area contributed by atoms with Crippen LogP contribution in [0.4, 0.5) is 0 Å². The standard InChI is InChI=1S/C12H13NO2/c1-9-3-4-10(11(15)7-9)12(13-8-14)5-2-6-12/h3-4,7,15H,2,5-6H2,1H3. The first-order valence-corrected chi connectivity index (χ1v) is 5.07. The van der Waals surface area contributed by atoms with Crippen molar-refractivity contribution in [1.29, 1.82) is 0 Å². The second kappa shape index (κ2) is 3.52. The molecule has 0 aromatic heterocycles. The molecule has 1 N–H and O–H groups in total. The lowest BCUT2D eigenvalue weighted by Crippen LogP contribution is -2.31. The zero-order valence-electron chi connectivity index (χ0n) is 8.66. The molecule has 78 valence electrons. The number of hydrogen-bond acceptors (Lipinski definition) is 3. The van der Waals surface area contributed by atoms with E-state index < -0.39 is 5.54 Å². The quantitative estimate of drug-likeness (QED) is 0.592. The molecule has 15 heavy (non-hydrogen) atoms. The van der Waals surface area contributed by atoms with Crippen molar-refractivity contribution in [2.45, 2.75) is 31.7 Å². The van der Waals surface area contributed by atoms with Crippen molar-refractivity contribution in [3.63, 3.8) is 0 Å². The lowest BCUT2D eigenvalue weighted by molar-refractivity contribution is 0.248. The minimum Gasteiger partial charge on any atom is -0.508 e. The van der Waals surface area contributed by atoms with E-state index in [2.05, 4.69) is 4.99 Å². The third kappa shape index (κ3) is 1.55. The molecule has 1 aromatic carbocycles. The van der Waals surface area contributed by atoms with Gasteiger partial charge in [-0.05, 0) is 37.8 Å². The van der Waals surface area contributed by atoms with E-state index in [4.69, 9.17) is 0 Å². The molecule has 3 heteroatoms. The molecule has 1 saturated carbocycles. The number of nitrogens with zero attached hydrogens (tertiary/aromatic N) is 1. The van der Waals surface area contributed by atoms with Gasteiger partial charge in [-0.2, -0.15) is 4.99 Å². The number of benzene rings is 1. The van der Waals surface area contributed by atoms with E-state index >= 15 is 0 Å². The molecule has 0 unspecified atom stereocenters. The van der Waals surface area contributed by atoms with Gasteiger partial charge in [-0.1, -0.05) is 12.1 Å². The van der Waals surface area contributed by atoms with Crippen molar-refractivity contribution in [1.82, 2.24) is 0 Å². The van der Waals surface area contributed by atoms with Gasteiger partial charge >= 0.3 is 0 Å². The highest BCUT2D eigenvalue weighted by atomic mass is 16.3. The molecule has 0 heterocycles. The molecule has 0 amide bonds. The second-order valence-corrected chi connectivity index (χ2v) is 4.11. The van der Waals surface area contributed by atoms with Crippen molar-refractivity contribution in [3.8, 4) is 5.75 Å². The highest BCUT2D eigenvalue weighted by Gasteiger charge is 2.40. The number of aryl methyl sites for hydroxylation is 1. The van der Waals surface area contributed by atoms with Crippen LogP contribution in [0.3, 0.4) is 0 Å². The maximum absolute atomic E-state index is 10.4. The Morgan fingerprint density at radius 3 is 2.67 bits per heavy atom. The van der Waals surface area contributed by atoms with Gasteiger partial charge in [0.25, 0.3) is 0 Å². The van der Waals surface area contributed by atoms with Crippen LogP contribution in [0.2, 0.25) is 0 Å². The van der Waals surface area contributed by atoms with Gasteiger partial charge in [-0.25, -0.2) is 4.79 Å². The van der Waals surface area contributed by atoms with E-state index in [-0.39, 0.29) is 5.75 Å². The Bertz CT molecular complexity index is 429. The van der Waals surface area contributed by atoms with Gasteiger partial charge in [-0.3, -0.25) is 0 Å². The molecular formula is C12H13NO2. The number of phenolic OH excluding ortho intramolecular Hbond substituents is 1. The Labute approximate surface area is 88.5 Å². The Morgan fingerprint density at radius 2 is 2.20 bits per heavy atom. The number of rotatable bonds is 2. The van der Waals surface area contributed by atoms with Crippen molar-refractivity contribution >= 4 is 6.08 Å². The van der Waals surface area contributed by atoms with Crippen LogP contribution in [0.25, 0.3) is 0 Å². The average Bonchev–Trinajstić information content (AvgIpc) is 2.12. The van der Waals surface area contributed by atoms with Crippen LogP contribution in [-0.4, -0.2) is 11.2 Å². The van der Waals surface area contributed by atoms with Crippen LogP contribution in [-0.2, 0) is 10.3 Å². The first-order valence-electron chi connectivity index (χ1n) is 5.07. The summed E-state index contributed by atoms with van der Waals surface area (Å²) in [7, 11) is 0. The van der Waals surface area contributed by atoms with Crippen LogP contribution >= 0.6 is 0 Å². The first-order chi connectivity index (χ1) is 7.18. The van der Waals surface area contributed by atoms with Gasteiger partial charge in [-0.15, -0.1) is 0 Å². The van der Waals surface area contributed by atoms with Crippen LogP contribution < -0.4 is 0 Å². The van der Waals surface area contributed by atoms with Gasteiger partial charge in [0.15, 0.2) is 0 Å². The van der Waals surface area contributed by atoms with E-state index in [1.165, 1.54) is 0 Å². The maximum Gasteiger partial charge on any atom is 0.235 e. The molecule has 0 spiro atoms. The smallest absolute Gasteiger partial charge is 0.235 e. The summed E-state index contributed by atoms with van der Waals surface area (Å²) in [6.45, 7) is 1.92. The summed E-state index contributed by atoms with van der Waals surface area (Å²) >= 11 is 0. The van der Waals surface area contributed by atoms with E-state index in [1.54, 1.807) is 12.1 Å². The fraction of sp³-hybridized carbons (Fsp3) is 0.417. The molecule has 0 saturated heterocycles. The summed E-state index contributed by atoms with van der Waals surface area (Å²) in [6, 6.07) is 5.48. The molecule has 1 fully saturated rings. The lowest BCUT2D eigenvalue weighted by Gasteiger charge is -2.37. The van der Waals surface area contributed by atoms with Crippen molar-refractivity contribution in [2.75, 3.05) is 0 Å². The molecule has 0 radical (unpaired) electrons. The fourth-order valence-electron chi connectivity index (χ4n) is 2.08. The molecule has 0 atom stereocenters. The van der Waals surface area contributed by atoms with Gasteiger partial charge in [0.2, 0.25) is 6.08 Å². The molecule has 1 aromatic rings. The average molecular weight is 203 g/mol. The van der Waals surface area contributed by atoms with Crippen molar-refractivity contribution in [3.05, 3.63) is 29.3 Å². The predicted octanol–water partition coefficient (Wildman–Crippen LogP) is 2.42. The fourth-order valence-corrected chi connectivity index (χ4v) is 2.08. The summed E-state index contributed by atoms with van der Waals surface area (Å²) in [6.07, 6.45) is 4.29. The van der Waals surface area contributed by atoms with Crippen LogP contribution in [0.5, 0.6) is 5.75 Å². The highest BCUT2D eigenvalue weighted by molar-refractivity contribution is 5.46. The Morgan fingerprint density at radius 1 is 1.47 bits per heavy atom. The number of isocyanates is 1. The molecule has 2 rings (SSSR count). The largest absolute Gasteiger partial charge is 0.508 e. The molecule has 3 nitrogen and oxygen atoms in total. The Hall–Kier alpha value is -1.60. The third-order valence-electron chi connectivity index (χ3n) is 3.09. The Kier molecular flexibility index (Phi) is 2.33. The summed E-state index contributed by atoms with van der Waals surface area (Å²) in [5.74, 6) is 0.230. The summed E-state index contributed by atoms with van der Waals surface area (Å²) in [5.41, 5.74) is 1.25. The molecule has 0 bridgehead atoms. The minimum absolute atomic E-state index is 0.230. The maximum atomic E-state index is 10.4. The van der Waals surface area contributed by atoms with Gasteiger partial charge in [0.1, 0.15) is 11.3 Å². The number of phenols is 1. The van der Waals surface area contributed by atoms with Crippen LogP contribution in [0, 0.1) is 6.92 Å². The van der Waals surface area contributed by atoms with Crippen molar-refractivity contribution < 1.29 is 9.90 Å². The second-order valence-electron chi connectivity index (χ2n) is 4.11. The van der Waals surface area contributed by atoms with Crippen molar-refractivity contribution in [2.24, 2.45) is 4.99 Å². The number of carbonyl (C=O) groups excluding carboxylic acids is 1. The molecule has 1 aliphatic rings. The lowest BCUT2D eigenvalue weighted by atomic mass is 9.72. The van der Waals surface area contributed by atoms with E-state index in [9.17, 15) is 9.90 Å². The monoisotopic (exact) mass is 203 g/mol. The summed E-state index contributed by atoms with van der Waals surface area (Å²) in [4.78, 5) is 14.2.